The van der Waals surface area contributed by atoms with E-state index >= 15 is 0 Å². The number of aromatic carboxylic acids is 1. The number of nitrogens with one attached hydrogen (secondary N) is 1. The van der Waals surface area contributed by atoms with Gasteiger partial charge < -0.3 is 15.2 Å². The number of aryl methyl sites for hydroxylation is 1. The number of hydrogen-bond acceptors (Lipinski definition) is 3. The van der Waals surface area contributed by atoms with Crippen molar-refractivity contribution in [3.05, 3.63) is 29.3 Å². The van der Waals surface area contributed by atoms with Crippen LogP contribution in [0.1, 0.15) is 29.3 Å². The Hall–Kier alpha value is -1.88. The molecule has 5 heteroatoms. The molecule has 5 nitrogen and oxygen atoms in total. The molecule has 2 N–H and O–H groups in total. The van der Waals surface area contributed by atoms with Gasteiger partial charge in [-0.2, -0.15) is 0 Å². The second kappa shape index (κ2) is 6.76. The first-order valence-electron chi connectivity index (χ1n) is 5.76. The Morgan fingerprint density at radius 3 is 2.72 bits per heavy atom. The molecule has 0 saturated heterocycles. The predicted molar refractivity (Wildman–Crippen MR) is 67.9 cm³/mol. The summed E-state index contributed by atoms with van der Waals surface area (Å²) in [5.74, 6) is -1.42. The van der Waals surface area contributed by atoms with E-state index < -0.39 is 5.97 Å². The number of rotatable bonds is 6. The van der Waals surface area contributed by atoms with Gasteiger partial charge in [0.05, 0.1) is 11.3 Å². The Balaban J connectivity index is 2.72. The van der Waals surface area contributed by atoms with Crippen LogP contribution >= 0.6 is 0 Å². The Kier molecular flexibility index (Phi) is 5.32. The van der Waals surface area contributed by atoms with Crippen LogP contribution in [-0.4, -0.2) is 30.2 Å². The van der Waals surface area contributed by atoms with Gasteiger partial charge in [0.15, 0.2) is 0 Å². The van der Waals surface area contributed by atoms with Gasteiger partial charge in [-0.25, -0.2) is 4.79 Å². The average Bonchev–Trinajstić information content (AvgIpc) is 2.31. The quantitative estimate of drug-likeness (QED) is 0.759. The molecule has 0 atom stereocenters. The van der Waals surface area contributed by atoms with Gasteiger partial charge in [-0.3, -0.25) is 4.79 Å². The summed E-state index contributed by atoms with van der Waals surface area (Å²) >= 11 is 0. The van der Waals surface area contributed by atoms with Gasteiger partial charge in [0.25, 0.3) is 0 Å². The molecule has 18 heavy (non-hydrogen) atoms. The zero-order valence-corrected chi connectivity index (χ0v) is 10.5. The van der Waals surface area contributed by atoms with Crippen LogP contribution in [0, 0.1) is 6.92 Å². The van der Waals surface area contributed by atoms with Gasteiger partial charge in [-0.15, -0.1) is 0 Å². The summed E-state index contributed by atoms with van der Waals surface area (Å²) < 4.78 is 5.08. The van der Waals surface area contributed by atoms with Crippen molar-refractivity contribution in [2.45, 2.75) is 20.3 Å². The molecule has 0 bridgehead atoms. The molecule has 98 valence electrons. The fraction of sp³-hybridized carbons (Fsp3) is 0.385. The van der Waals surface area contributed by atoms with Crippen molar-refractivity contribution in [2.75, 3.05) is 18.5 Å². The molecule has 0 radical (unpaired) electrons. The molecule has 1 amide bonds. The monoisotopic (exact) mass is 251 g/mol. The van der Waals surface area contributed by atoms with Crippen molar-refractivity contribution in [3.8, 4) is 0 Å². The van der Waals surface area contributed by atoms with Crippen molar-refractivity contribution in [1.82, 2.24) is 0 Å². The SMILES string of the molecule is CCCOCC(=O)Nc1ccc(C)cc1C(=O)O. The lowest BCUT2D eigenvalue weighted by molar-refractivity contribution is -0.120. The molecule has 0 aliphatic rings. The van der Waals surface area contributed by atoms with E-state index in [-0.39, 0.29) is 23.8 Å². The summed E-state index contributed by atoms with van der Waals surface area (Å²) in [6.45, 7) is 4.18. The van der Waals surface area contributed by atoms with Crippen molar-refractivity contribution < 1.29 is 19.4 Å². The van der Waals surface area contributed by atoms with Crippen molar-refractivity contribution in [3.63, 3.8) is 0 Å². The second-order valence-corrected chi connectivity index (χ2v) is 3.95. The highest BCUT2D eigenvalue weighted by atomic mass is 16.5. The second-order valence-electron chi connectivity index (χ2n) is 3.95. The lowest BCUT2D eigenvalue weighted by Crippen LogP contribution is -2.20. The molecule has 1 rings (SSSR count). The summed E-state index contributed by atoms with van der Waals surface area (Å²) in [6.07, 6.45) is 0.832. The molecule has 0 aliphatic carbocycles. The first-order valence-corrected chi connectivity index (χ1v) is 5.76. The van der Waals surface area contributed by atoms with Crippen LogP contribution in [0.25, 0.3) is 0 Å². The van der Waals surface area contributed by atoms with Crippen LogP contribution in [0.4, 0.5) is 5.69 Å². The maximum absolute atomic E-state index is 11.5. The summed E-state index contributed by atoms with van der Waals surface area (Å²) in [6, 6.07) is 4.84. The number of amides is 1. The molecule has 0 unspecified atom stereocenters. The minimum atomic E-state index is -1.07. The Morgan fingerprint density at radius 1 is 1.39 bits per heavy atom. The number of carbonyl (C=O) groups is 2. The predicted octanol–water partition coefficient (Wildman–Crippen LogP) is 2.06. The van der Waals surface area contributed by atoms with Crippen LogP contribution in [0.3, 0.4) is 0 Å². The molecule has 0 spiro atoms. The maximum atomic E-state index is 11.5. The van der Waals surface area contributed by atoms with Crippen LogP contribution in [0.5, 0.6) is 0 Å². The lowest BCUT2D eigenvalue weighted by atomic mass is 10.1. The van der Waals surface area contributed by atoms with Gasteiger partial charge in [0.1, 0.15) is 6.61 Å². The van der Waals surface area contributed by atoms with E-state index in [2.05, 4.69) is 5.32 Å². The third-order valence-corrected chi connectivity index (χ3v) is 2.26. The van der Waals surface area contributed by atoms with Crippen molar-refractivity contribution >= 4 is 17.6 Å². The summed E-state index contributed by atoms with van der Waals surface area (Å²) in [4.78, 5) is 22.6. The molecular weight excluding hydrogens is 234 g/mol. The van der Waals surface area contributed by atoms with Crippen LogP contribution < -0.4 is 5.32 Å². The van der Waals surface area contributed by atoms with E-state index in [4.69, 9.17) is 9.84 Å². The highest BCUT2D eigenvalue weighted by molar-refractivity contribution is 6.01. The van der Waals surface area contributed by atoms with Gasteiger partial charge in [-0.05, 0) is 25.5 Å². The Bertz CT molecular complexity index is 443. The summed E-state index contributed by atoms with van der Waals surface area (Å²) in [5, 5.41) is 11.6. The summed E-state index contributed by atoms with van der Waals surface area (Å²) in [5.41, 5.74) is 1.20. The van der Waals surface area contributed by atoms with E-state index in [0.29, 0.717) is 6.61 Å². The molecule has 0 heterocycles. The van der Waals surface area contributed by atoms with E-state index in [9.17, 15) is 9.59 Å². The average molecular weight is 251 g/mol. The number of carboxylic acid groups (broad SMARTS) is 1. The largest absolute Gasteiger partial charge is 0.478 e. The van der Waals surface area contributed by atoms with Gasteiger partial charge in [0, 0.05) is 6.61 Å². The number of ether oxygens (including phenoxy) is 1. The standard InChI is InChI=1S/C13H17NO4/c1-3-6-18-8-12(15)14-11-5-4-9(2)7-10(11)13(16)17/h4-5,7H,3,6,8H2,1-2H3,(H,14,15)(H,16,17). The third kappa shape index (κ3) is 4.18. The fourth-order valence-electron chi connectivity index (χ4n) is 1.44. The maximum Gasteiger partial charge on any atom is 0.337 e. The molecular formula is C13H17NO4. The highest BCUT2D eigenvalue weighted by Crippen LogP contribution is 2.17. The van der Waals surface area contributed by atoms with E-state index in [1.165, 1.54) is 6.07 Å². The molecule has 1 aromatic rings. The number of benzene rings is 1. The normalized spacial score (nSPS) is 10.1. The number of carbonyl (C=O) groups excluding carboxylic acids is 1. The van der Waals surface area contributed by atoms with Gasteiger partial charge in [0.2, 0.25) is 5.91 Å². The molecule has 0 aromatic heterocycles. The van der Waals surface area contributed by atoms with Gasteiger partial charge in [-0.1, -0.05) is 18.6 Å². The van der Waals surface area contributed by atoms with Gasteiger partial charge >= 0.3 is 5.97 Å². The Labute approximate surface area is 106 Å². The van der Waals surface area contributed by atoms with Crippen LogP contribution in [0.15, 0.2) is 18.2 Å². The lowest BCUT2D eigenvalue weighted by Gasteiger charge is -2.09. The molecule has 0 aliphatic heterocycles. The van der Waals surface area contributed by atoms with E-state index in [1.807, 2.05) is 6.92 Å². The van der Waals surface area contributed by atoms with Crippen LogP contribution in [0.2, 0.25) is 0 Å². The first kappa shape index (κ1) is 14.2. The zero-order chi connectivity index (χ0) is 13.5. The molecule has 0 fully saturated rings. The van der Waals surface area contributed by atoms with Crippen molar-refractivity contribution in [2.24, 2.45) is 0 Å². The Morgan fingerprint density at radius 2 is 2.11 bits per heavy atom. The highest BCUT2D eigenvalue weighted by Gasteiger charge is 2.12. The van der Waals surface area contributed by atoms with Crippen LogP contribution in [-0.2, 0) is 9.53 Å². The third-order valence-electron chi connectivity index (χ3n) is 2.26. The smallest absolute Gasteiger partial charge is 0.337 e. The number of carboxylic acids is 1. The molecule has 1 aromatic carbocycles. The van der Waals surface area contributed by atoms with E-state index in [1.54, 1.807) is 19.1 Å². The minimum Gasteiger partial charge on any atom is -0.478 e. The number of hydrogen-bond donors (Lipinski definition) is 2. The minimum absolute atomic E-state index is 0.0687. The molecule has 0 saturated carbocycles. The zero-order valence-electron chi connectivity index (χ0n) is 10.5. The first-order chi connectivity index (χ1) is 8.54. The topological polar surface area (TPSA) is 75.6 Å². The van der Waals surface area contributed by atoms with E-state index in [0.717, 1.165) is 12.0 Å². The summed E-state index contributed by atoms with van der Waals surface area (Å²) in [7, 11) is 0. The van der Waals surface area contributed by atoms with Crippen molar-refractivity contribution in [1.29, 1.82) is 0 Å². The fourth-order valence-corrected chi connectivity index (χ4v) is 1.44. The number of anilines is 1.